The van der Waals surface area contributed by atoms with Crippen LogP contribution < -0.4 is 4.72 Å². The molecule has 0 bridgehead atoms. The van der Waals surface area contributed by atoms with Crippen LogP contribution >= 0.6 is 0 Å². The summed E-state index contributed by atoms with van der Waals surface area (Å²) in [5.74, 6) is -0.220. The predicted molar refractivity (Wildman–Crippen MR) is 91.5 cm³/mol. The molecule has 0 radical (unpaired) electrons. The molecule has 1 aliphatic rings. The summed E-state index contributed by atoms with van der Waals surface area (Å²) in [7, 11) is -0.602. The third kappa shape index (κ3) is 3.93. The molecule has 0 fully saturated rings. The van der Waals surface area contributed by atoms with E-state index in [1.54, 1.807) is 14.1 Å². The van der Waals surface area contributed by atoms with E-state index in [9.17, 15) is 13.2 Å². The molecule has 23 heavy (non-hydrogen) atoms. The van der Waals surface area contributed by atoms with Crippen LogP contribution in [0.4, 0.5) is 0 Å². The zero-order valence-electron chi connectivity index (χ0n) is 14.2. The van der Waals surface area contributed by atoms with E-state index in [0.29, 0.717) is 0 Å². The molecule has 0 spiro atoms. The number of carbonyl (C=O) groups is 1. The highest BCUT2D eigenvalue weighted by atomic mass is 32.2. The lowest BCUT2D eigenvalue weighted by Crippen LogP contribution is -2.45. The Hall–Kier alpha value is -1.40. The van der Waals surface area contributed by atoms with Gasteiger partial charge in [-0.3, -0.25) is 4.79 Å². The smallest absolute Gasteiger partial charge is 0.241 e. The van der Waals surface area contributed by atoms with Crippen LogP contribution in [0.5, 0.6) is 0 Å². The summed E-state index contributed by atoms with van der Waals surface area (Å²) in [4.78, 5) is 13.3. The maximum atomic E-state index is 12.7. The van der Waals surface area contributed by atoms with Crippen LogP contribution in [0.2, 0.25) is 0 Å². The van der Waals surface area contributed by atoms with Gasteiger partial charge in [0.1, 0.15) is 0 Å². The summed E-state index contributed by atoms with van der Waals surface area (Å²) in [6, 6.07) is 7.69. The number of fused-ring (bicyclic) bond motifs is 1. The van der Waals surface area contributed by atoms with Crippen molar-refractivity contribution in [1.29, 1.82) is 0 Å². The van der Waals surface area contributed by atoms with E-state index in [-0.39, 0.29) is 12.0 Å². The van der Waals surface area contributed by atoms with E-state index in [1.807, 2.05) is 18.2 Å². The first kappa shape index (κ1) is 17.9. The molecule has 1 amide bonds. The Labute approximate surface area is 139 Å². The summed E-state index contributed by atoms with van der Waals surface area (Å²) in [5, 5.41) is -1.10. The number of sulfonamides is 1. The first-order valence-corrected chi connectivity index (χ1v) is 9.58. The van der Waals surface area contributed by atoms with Crippen molar-refractivity contribution < 1.29 is 13.2 Å². The molecule has 1 aliphatic carbocycles. The molecule has 1 aromatic rings. The average Bonchev–Trinajstić information content (AvgIpc) is 2.65. The van der Waals surface area contributed by atoms with E-state index in [2.05, 4.69) is 17.7 Å². The molecule has 1 N–H and O–H groups in total. The topological polar surface area (TPSA) is 66.5 Å². The van der Waals surface area contributed by atoms with Crippen molar-refractivity contribution in [3.63, 3.8) is 0 Å². The molecule has 3 unspecified atom stereocenters. The van der Waals surface area contributed by atoms with Crippen molar-refractivity contribution in [1.82, 2.24) is 9.62 Å². The zero-order chi connectivity index (χ0) is 17.2. The molecule has 1 aromatic carbocycles. The molecule has 0 saturated carbocycles. The third-order valence-electron chi connectivity index (χ3n) is 4.61. The summed E-state index contributed by atoms with van der Waals surface area (Å²) in [5.41, 5.74) is 2.22. The number of benzene rings is 1. The summed E-state index contributed by atoms with van der Waals surface area (Å²) in [6.07, 6.45) is 2.96. The van der Waals surface area contributed by atoms with Crippen molar-refractivity contribution in [3.8, 4) is 0 Å². The van der Waals surface area contributed by atoms with E-state index in [0.717, 1.165) is 24.8 Å². The van der Waals surface area contributed by atoms with Crippen LogP contribution in [-0.2, 0) is 21.2 Å². The van der Waals surface area contributed by atoms with Gasteiger partial charge in [0.2, 0.25) is 15.9 Å². The Kier molecular flexibility index (Phi) is 5.47. The lowest BCUT2D eigenvalue weighted by Gasteiger charge is -2.27. The van der Waals surface area contributed by atoms with Crippen molar-refractivity contribution in [2.24, 2.45) is 5.92 Å². The van der Waals surface area contributed by atoms with Gasteiger partial charge in [-0.15, -0.1) is 0 Å². The lowest BCUT2D eigenvalue weighted by atomic mass is 9.93. The molecule has 128 valence electrons. The zero-order valence-corrected chi connectivity index (χ0v) is 15.1. The van der Waals surface area contributed by atoms with Gasteiger partial charge in [0.25, 0.3) is 0 Å². The number of rotatable bonds is 4. The first-order valence-electron chi connectivity index (χ1n) is 8.04. The van der Waals surface area contributed by atoms with Gasteiger partial charge in [-0.1, -0.05) is 31.2 Å². The van der Waals surface area contributed by atoms with Crippen molar-refractivity contribution in [2.45, 2.75) is 44.4 Å². The minimum atomic E-state index is -3.74. The van der Waals surface area contributed by atoms with Crippen molar-refractivity contribution >= 4 is 15.9 Å². The molecule has 0 aromatic heterocycles. The fourth-order valence-electron chi connectivity index (χ4n) is 3.11. The lowest BCUT2D eigenvalue weighted by molar-refractivity contribution is -0.127. The van der Waals surface area contributed by atoms with Gasteiger partial charge in [-0.25, -0.2) is 13.1 Å². The van der Waals surface area contributed by atoms with Gasteiger partial charge in [-0.2, -0.15) is 0 Å². The second-order valence-corrected chi connectivity index (χ2v) is 8.62. The highest BCUT2D eigenvalue weighted by molar-refractivity contribution is 7.90. The summed E-state index contributed by atoms with van der Waals surface area (Å²) in [6.45, 7) is 3.51. The third-order valence-corrected chi connectivity index (χ3v) is 6.33. The fourth-order valence-corrected chi connectivity index (χ4v) is 4.50. The molecule has 5 nitrogen and oxygen atoms in total. The monoisotopic (exact) mass is 338 g/mol. The first-order chi connectivity index (χ1) is 10.7. The standard InChI is InChI=1S/C17H26N2O3S/c1-12-8-7-10-14-9-5-6-11-15(14)16(12)18-23(21,22)13(2)17(20)19(3)4/h5-6,9,11-13,16,18H,7-8,10H2,1-4H3. The van der Waals surface area contributed by atoms with Crippen LogP contribution in [0.15, 0.2) is 24.3 Å². The summed E-state index contributed by atoms with van der Waals surface area (Å²) < 4.78 is 28.1. The van der Waals surface area contributed by atoms with Gasteiger partial charge in [0.15, 0.2) is 5.25 Å². The van der Waals surface area contributed by atoms with Gasteiger partial charge in [0.05, 0.1) is 0 Å². The van der Waals surface area contributed by atoms with Gasteiger partial charge < -0.3 is 4.90 Å². The van der Waals surface area contributed by atoms with Gasteiger partial charge in [0, 0.05) is 20.1 Å². The minimum Gasteiger partial charge on any atom is -0.348 e. The molecule has 3 atom stereocenters. The fraction of sp³-hybridized carbons (Fsp3) is 0.588. The Bertz CT molecular complexity index is 670. The highest BCUT2D eigenvalue weighted by Crippen LogP contribution is 2.33. The average molecular weight is 338 g/mol. The molecule has 2 rings (SSSR count). The second kappa shape index (κ2) is 7.01. The van der Waals surface area contributed by atoms with Gasteiger partial charge in [-0.05, 0) is 43.2 Å². The molecule has 0 aliphatic heterocycles. The van der Waals surface area contributed by atoms with Crippen LogP contribution in [0, 0.1) is 5.92 Å². The molecular formula is C17H26N2O3S. The maximum absolute atomic E-state index is 12.7. The number of carbonyl (C=O) groups excluding carboxylic acids is 1. The van der Waals surface area contributed by atoms with E-state index in [4.69, 9.17) is 0 Å². The number of aryl methyl sites for hydroxylation is 1. The number of hydrogen-bond donors (Lipinski definition) is 1. The Morgan fingerprint density at radius 3 is 2.61 bits per heavy atom. The molecule has 0 saturated heterocycles. The SMILES string of the molecule is CC1CCCc2ccccc2C1NS(=O)(=O)C(C)C(=O)N(C)C. The van der Waals surface area contributed by atoms with Crippen LogP contribution in [0.25, 0.3) is 0 Å². The van der Waals surface area contributed by atoms with Crippen LogP contribution in [0.3, 0.4) is 0 Å². The molecule has 6 heteroatoms. The maximum Gasteiger partial charge on any atom is 0.241 e. The normalized spacial score (nSPS) is 22.8. The van der Waals surface area contributed by atoms with Crippen LogP contribution in [-0.4, -0.2) is 38.6 Å². The second-order valence-electron chi connectivity index (χ2n) is 6.58. The van der Waals surface area contributed by atoms with E-state index in [1.165, 1.54) is 17.4 Å². The number of nitrogens with one attached hydrogen (secondary N) is 1. The van der Waals surface area contributed by atoms with E-state index >= 15 is 0 Å². The quantitative estimate of drug-likeness (QED) is 0.855. The number of amides is 1. The molecular weight excluding hydrogens is 312 g/mol. The Morgan fingerprint density at radius 2 is 1.96 bits per heavy atom. The number of hydrogen-bond acceptors (Lipinski definition) is 3. The Morgan fingerprint density at radius 1 is 1.30 bits per heavy atom. The van der Waals surface area contributed by atoms with E-state index < -0.39 is 21.2 Å². The minimum absolute atomic E-state index is 0.190. The highest BCUT2D eigenvalue weighted by Gasteiger charge is 2.34. The Balaban J connectivity index is 2.32. The van der Waals surface area contributed by atoms with Crippen LogP contribution in [0.1, 0.15) is 43.9 Å². The predicted octanol–water partition coefficient (Wildman–Crippen LogP) is 2.10. The van der Waals surface area contributed by atoms with Crippen molar-refractivity contribution in [3.05, 3.63) is 35.4 Å². The largest absolute Gasteiger partial charge is 0.348 e. The number of nitrogens with zero attached hydrogens (tertiary/aromatic N) is 1. The van der Waals surface area contributed by atoms with Crippen molar-refractivity contribution in [2.75, 3.05) is 14.1 Å². The molecule has 0 heterocycles. The summed E-state index contributed by atoms with van der Waals surface area (Å²) >= 11 is 0. The van der Waals surface area contributed by atoms with Gasteiger partial charge >= 0.3 is 0 Å².